The summed E-state index contributed by atoms with van der Waals surface area (Å²) in [6, 6.07) is 0. The third-order valence-electron chi connectivity index (χ3n) is 1.98. The van der Waals surface area contributed by atoms with Crippen LogP contribution in [-0.2, 0) is 18.5 Å². The molecule has 5 nitrogen and oxygen atoms in total. The van der Waals surface area contributed by atoms with Crippen LogP contribution in [0.3, 0.4) is 0 Å². The van der Waals surface area contributed by atoms with Gasteiger partial charge >= 0.3 is 5.82 Å². The van der Waals surface area contributed by atoms with E-state index in [4.69, 9.17) is 9.94 Å². The van der Waals surface area contributed by atoms with E-state index in [2.05, 4.69) is 5.16 Å². The molecule has 82 valence electrons. The van der Waals surface area contributed by atoms with Crippen LogP contribution in [-0.4, -0.2) is 22.6 Å². The zero-order chi connectivity index (χ0) is 11.1. The third kappa shape index (κ3) is 3.21. The minimum absolute atomic E-state index is 0.437. The molecule has 0 atom stereocenters. The number of imidazole rings is 1. The van der Waals surface area contributed by atoms with Gasteiger partial charge in [-0.05, 0) is 6.92 Å². The number of nitrogens with zero attached hydrogens (tertiary/aromatic N) is 3. The number of oxime groups is 1. The molecule has 0 aromatic carbocycles. The van der Waals surface area contributed by atoms with Crippen LogP contribution < -0.4 is 4.57 Å². The van der Waals surface area contributed by atoms with Gasteiger partial charge in [0.25, 0.3) is 0 Å². The van der Waals surface area contributed by atoms with Crippen LogP contribution in [0.4, 0.5) is 0 Å². The first-order valence-electron chi connectivity index (χ1n) is 4.70. The highest BCUT2D eigenvalue weighted by Gasteiger charge is 2.11. The zero-order valence-corrected chi connectivity index (χ0v) is 9.00. The highest BCUT2D eigenvalue weighted by Crippen LogP contribution is 1.93. The van der Waals surface area contributed by atoms with Crippen molar-refractivity contribution in [1.82, 2.24) is 4.57 Å². The Kier molecular flexibility index (Phi) is 4.56. The Morgan fingerprint density at radius 1 is 1.67 bits per heavy atom. The molecule has 0 aliphatic carbocycles. The lowest BCUT2D eigenvalue weighted by Crippen LogP contribution is -2.32. The molecule has 1 heterocycles. The van der Waals surface area contributed by atoms with Gasteiger partial charge in [0.2, 0.25) is 0 Å². The summed E-state index contributed by atoms with van der Waals surface area (Å²) in [5, 5.41) is 11.5. The first kappa shape index (κ1) is 11.5. The summed E-state index contributed by atoms with van der Waals surface area (Å²) in [7, 11) is 1.87. The van der Waals surface area contributed by atoms with Crippen LogP contribution >= 0.6 is 0 Å². The minimum Gasteiger partial charge on any atom is -0.411 e. The van der Waals surface area contributed by atoms with Crippen LogP contribution in [0, 0.1) is 0 Å². The van der Waals surface area contributed by atoms with Crippen molar-refractivity contribution in [2.75, 3.05) is 6.61 Å². The predicted molar refractivity (Wildman–Crippen MR) is 55.8 cm³/mol. The maximum atomic E-state index is 8.49. The van der Waals surface area contributed by atoms with E-state index in [-0.39, 0.29) is 0 Å². The van der Waals surface area contributed by atoms with E-state index in [1.807, 2.05) is 47.7 Å². The zero-order valence-electron chi connectivity index (χ0n) is 9.00. The van der Waals surface area contributed by atoms with Gasteiger partial charge < -0.3 is 9.94 Å². The second kappa shape index (κ2) is 5.98. The molecule has 5 heteroatoms. The highest BCUT2D eigenvalue weighted by molar-refractivity contribution is 5.72. The maximum Gasteiger partial charge on any atom is 0.305 e. The topological polar surface area (TPSA) is 50.6 Å². The van der Waals surface area contributed by atoms with Crippen molar-refractivity contribution in [1.29, 1.82) is 0 Å². The molecular formula is C10H16N3O2+. The molecule has 0 aliphatic heterocycles. The van der Waals surface area contributed by atoms with Crippen molar-refractivity contribution < 1.29 is 14.5 Å². The van der Waals surface area contributed by atoms with Gasteiger partial charge in [0.1, 0.15) is 12.4 Å². The van der Waals surface area contributed by atoms with E-state index >= 15 is 0 Å². The number of aryl methyl sites for hydroxylation is 1. The summed E-state index contributed by atoms with van der Waals surface area (Å²) >= 11 is 0. The normalized spacial score (nSPS) is 11.9. The average Bonchev–Trinajstić information content (AvgIpc) is 2.57. The van der Waals surface area contributed by atoms with Crippen LogP contribution in [0.15, 0.2) is 29.7 Å². The van der Waals surface area contributed by atoms with E-state index in [9.17, 15) is 0 Å². The molecule has 0 saturated carbocycles. The number of hydrogen-bond acceptors (Lipinski definition) is 3. The third-order valence-corrected chi connectivity index (χ3v) is 1.98. The van der Waals surface area contributed by atoms with E-state index in [0.29, 0.717) is 13.3 Å². The molecule has 0 amide bonds. The standard InChI is InChI=1S/C10H15N3O2/c1-3-4-7-15-9-13-6-5-12(2)10(13)8-11-14/h3-6,8H,7,9H2,1-2H3/p+1/b4-3+. The van der Waals surface area contributed by atoms with Crippen molar-refractivity contribution >= 4 is 6.21 Å². The summed E-state index contributed by atoms with van der Waals surface area (Å²) in [6.07, 6.45) is 8.98. The van der Waals surface area contributed by atoms with E-state index in [1.165, 1.54) is 6.21 Å². The summed E-state index contributed by atoms with van der Waals surface area (Å²) in [5.74, 6) is 0.776. The molecule has 0 unspecified atom stereocenters. The first-order chi connectivity index (χ1) is 7.29. The second-order valence-electron chi connectivity index (χ2n) is 3.05. The molecule has 0 fully saturated rings. The Bertz CT molecular complexity index is 356. The molecule has 1 rings (SSSR count). The fourth-order valence-corrected chi connectivity index (χ4v) is 1.18. The number of ether oxygens (including phenoxy) is 1. The number of hydrogen-bond donors (Lipinski definition) is 1. The molecule has 1 aromatic rings. The van der Waals surface area contributed by atoms with Crippen LogP contribution in [0.1, 0.15) is 12.7 Å². The van der Waals surface area contributed by atoms with Crippen molar-refractivity contribution in [2.45, 2.75) is 13.7 Å². The van der Waals surface area contributed by atoms with Gasteiger partial charge in [-0.1, -0.05) is 17.3 Å². The summed E-state index contributed by atoms with van der Waals surface area (Å²) in [4.78, 5) is 0. The Labute approximate surface area is 88.9 Å². The maximum absolute atomic E-state index is 8.49. The quantitative estimate of drug-likeness (QED) is 0.194. The summed E-state index contributed by atoms with van der Waals surface area (Å²) in [5.41, 5.74) is 0. The van der Waals surface area contributed by atoms with Crippen LogP contribution in [0.25, 0.3) is 0 Å². The molecule has 1 N–H and O–H groups in total. The largest absolute Gasteiger partial charge is 0.411 e. The Morgan fingerprint density at radius 2 is 2.47 bits per heavy atom. The van der Waals surface area contributed by atoms with Crippen molar-refractivity contribution in [3.05, 3.63) is 30.4 Å². The Morgan fingerprint density at radius 3 is 3.13 bits per heavy atom. The first-order valence-corrected chi connectivity index (χ1v) is 4.70. The molecule has 1 aromatic heterocycles. The molecule has 0 spiro atoms. The number of allylic oxidation sites excluding steroid dienone is 1. The monoisotopic (exact) mass is 210 g/mol. The van der Waals surface area contributed by atoms with Crippen molar-refractivity contribution in [3.8, 4) is 0 Å². The fraction of sp³-hybridized carbons (Fsp3) is 0.400. The summed E-state index contributed by atoms with van der Waals surface area (Å²) < 4.78 is 9.08. The van der Waals surface area contributed by atoms with E-state index < -0.39 is 0 Å². The van der Waals surface area contributed by atoms with Crippen LogP contribution in [0.5, 0.6) is 0 Å². The lowest BCUT2D eigenvalue weighted by Gasteiger charge is -1.98. The SMILES string of the molecule is C/C=C/COCn1cc[n+](C)c1/C=N/O. The molecule has 15 heavy (non-hydrogen) atoms. The molecule has 0 saturated heterocycles. The molecule has 0 radical (unpaired) electrons. The highest BCUT2D eigenvalue weighted by atomic mass is 16.5. The van der Waals surface area contributed by atoms with Gasteiger partial charge in [0.15, 0.2) is 12.9 Å². The van der Waals surface area contributed by atoms with Gasteiger partial charge in [0, 0.05) is 0 Å². The van der Waals surface area contributed by atoms with Gasteiger partial charge in [-0.3, -0.25) is 0 Å². The Balaban J connectivity index is 2.60. The smallest absolute Gasteiger partial charge is 0.305 e. The van der Waals surface area contributed by atoms with Crippen molar-refractivity contribution in [3.63, 3.8) is 0 Å². The lowest BCUT2D eigenvalue weighted by molar-refractivity contribution is -0.672. The minimum atomic E-state index is 0.437. The van der Waals surface area contributed by atoms with Gasteiger partial charge in [-0.2, -0.15) is 0 Å². The Hall–Kier alpha value is -1.62. The van der Waals surface area contributed by atoms with Gasteiger partial charge in [0.05, 0.1) is 13.7 Å². The summed E-state index contributed by atoms with van der Waals surface area (Å²) in [6.45, 7) is 2.96. The van der Waals surface area contributed by atoms with Gasteiger partial charge in [-0.15, -0.1) is 0 Å². The second-order valence-corrected chi connectivity index (χ2v) is 3.05. The van der Waals surface area contributed by atoms with E-state index in [0.717, 1.165) is 5.82 Å². The predicted octanol–water partition coefficient (Wildman–Crippen LogP) is 0.671. The molecular weight excluding hydrogens is 194 g/mol. The molecule has 0 aliphatic rings. The van der Waals surface area contributed by atoms with Gasteiger partial charge in [-0.25, -0.2) is 9.13 Å². The van der Waals surface area contributed by atoms with Crippen LogP contribution in [0.2, 0.25) is 0 Å². The lowest BCUT2D eigenvalue weighted by atomic mass is 10.6. The number of rotatable bonds is 5. The fourth-order valence-electron chi connectivity index (χ4n) is 1.18. The number of aromatic nitrogens is 2. The average molecular weight is 210 g/mol. The molecule has 0 bridgehead atoms. The van der Waals surface area contributed by atoms with Crippen molar-refractivity contribution in [2.24, 2.45) is 12.2 Å². The van der Waals surface area contributed by atoms with E-state index in [1.54, 1.807) is 0 Å².